The van der Waals surface area contributed by atoms with Crippen LogP contribution in [-0.4, -0.2) is 64.9 Å². The molecule has 216 valence electrons. The maximum absolute atomic E-state index is 15.1. The molecule has 5 aliphatic heterocycles. The fourth-order valence-electron chi connectivity index (χ4n) is 8.53. The van der Waals surface area contributed by atoms with E-state index in [9.17, 15) is 8.78 Å². The number of fused-ring (bicyclic) bond motifs is 5. The summed E-state index contributed by atoms with van der Waals surface area (Å²) in [5, 5.41) is 4.72. The fourth-order valence-corrected chi connectivity index (χ4v) is 8.53. The van der Waals surface area contributed by atoms with Gasteiger partial charge in [-0.1, -0.05) is 18.2 Å². The highest BCUT2D eigenvalue weighted by molar-refractivity contribution is 5.95. The van der Waals surface area contributed by atoms with Crippen LogP contribution in [0, 0.1) is 11.6 Å². The molecule has 0 aliphatic carbocycles. The van der Waals surface area contributed by atoms with Gasteiger partial charge in [-0.05, 0) is 74.6 Å². The zero-order chi connectivity index (χ0) is 27.7. The molecule has 2 bridgehead atoms. The number of hydrogen-bond acceptors (Lipinski definition) is 6. The minimum Gasteiger partial charge on any atom is -0.461 e. The van der Waals surface area contributed by atoms with Crippen molar-refractivity contribution in [2.75, 3.05) is 31.1 Å². The summed E-state index contributed by atoms with van der Waals surface area (Å²) in [6.45, 7) is 2.93. The Morgan fingerprint density at radius 3 is 2.76 bits per heavy atom. The molecule has 2 aromatic carbocycles. The number of rotatable bonds is 5. The van der Waals surface area contributed by atoms with Crippen LogP contribution in [0.4, 0.5) is 18.9 Å². The number of benzene rings is 2. The summed E-state index contributed by atoms with van der Waals surface area (Å²) in [6.07, 6.45) is 6.92. The zero-order valence-electron chi connectivity index (χ0n) is 23.2. The van der Waals surface area contributed by atoms with Crippen LogP contribution < -0.4 is 15.0 Å². The first-order valence-electron chi connectivity index (χ1n) is 15.3. The van der Waals surface area contributed by atoms with Gasteiger partial charge in [0.1, 0.15) is 12.8 Å². The Balaban J connectivity index is 1.15. The average molecular weight is 564 g/mol. The Kier molecular flexibility index (Phi) is 6.18. The van der Waals surface area contributed by atoms with E-state index < -0.39 is 17.8 Å². The minimum atomic E-state index is -0.842. The lowest BCUT2D eigenvalue weighted by molar-refractivity contribution is 0.106. The van der Waals surface area contributed by atoms with Gasteiger partial charge in [-0.3, -0.25) is 4.90 Å². The van der Waals surface area contributed by atoms with E-state index in [2.05, 4.69) is 15.1 Å². The second-order valence-corrected chi connectivity index (χ2v) is 12.9. The van der Waals surface area contributed by atoms with Crippen molar-refractivity contribution in [1.29, 1.82) is 0 Å². The number of ether oxygens (including phenoxy) is 1. The van der Waals surface area contributed by atoms with Crippen LogP contribution in [-0.2, 0) is 13.0 Å². The zero-order valence-corrected chi connectivity index (χ0v) is 23.2. The van der Waals surface area contributed by atoms with Crippen molar-refractivity contribution in [3.63, 3.8) is 0 Å². The van der Waals surface area contributed by atoms with Gasteiger partial charge in [-0.25, -0.2) is 13.2 Å². The molecule has 3 aromatic rings. The predicted molar refractivity (Wildman–Crippen MR) is 151 cm³/mol. The lowest BCUT2D eigenvalue weighted by Gasteiger charge is -2.35. The molecule has 6 heterocycles. The summed E-state index contributed by atoms with van der Waals surface area (Å²) < 4.78 is 50.1. The van der Waals surface area contributed by atoms with Crippen molar-refractivity contribution in [3.8, 4) is 6.01 Å². The summed E-state index contributed by atoms with van der Waals surface area (Å²) in [5.74, 6) is -1.32. The number of anilines is 1. The molecule has 8 rings (SSSR count). The van der Waals surface area contributed by atoms with Crippen LogP contribution in [0.2, 0.25) is 0 Å². The van der Waals surface area contributed by atoms with E-state index in [1.54, 1.807) is 6.07 Å². The Labute approximate surface area is 238 Å². The van der Waals surface area contributed by atoms with E-state index in [4.69, 9.17) is 14.7 Å². The highest BCUT2D eigenvalue weighted by Gasteiger charge is 2.49. The van der Waals surface area contributed by atoms with E-state index >= 15 is 4.39 Å². The molecule has 4 atom stereocenters. The molecule has 6 nitrogen and oxygen atoms in total. The van der Waals surface area contributed by atoms with Crippen molar-refractivity contribution >= 4 is 16.5 Å². The van der Waals surface area contributed by atoms with Crippen LogP contribution in [0.25, 0.3) is 10.8 Å². The molecule has 5 aliphatic rings. The smallest absolute Gasteiger partial charge is 0.316 e. The topological polar surface area (TPSA) is 53.5 Å². The Hall–Kier alpha value is -2.91. The molecule has 0 radical (unpaired) electrons. The summed E-state index contributed by atoms with van der Waals surface area (Å²) in [5.41, 5.74) is 3.56. The van der Waals surface area contributed by atoms with Crippen LogP contribution >= 0.6 is 0 Å². The van der Waals surface area contributed by atoms with Crippen LogP contribution in [0.3, 0.4) is 0 Å². The van der Waals surface area contributed by atoms with Gasteiger partial charge < -0.3 is 15.0 Å². The predicted octanol–water partition coefficient (Wildman–Crippen LogP) is 5.42. The van der Waals surface area contributed by atoms with E-state index in [-0.39, 0.29) is 5.54 Å². The Morgan fingerprint density at radius 2 is 1.90 bits per heavy atom. The molecule has 4 saturated heterocycles. The third-order valence-electron chi connectivity index (χ3n) is 10.4. The van der Waals surface area contributed by atoms with Gasteiger partial charge in [0.2, 0.25) is 0 Å². The van der Waals surface area contributed by atoms with Gasteiger partial charge in [-0.15, -0.1) is 0 Å². The van der Waals surface area contributed by atoms with Gasteiger partial charge in [0.15, 0.2) is 11.6 Å². The SMILES string of the molecule is Fc1ccc2cccc(N3CCc4c(nc(OC[C@@]56CCCN5C[C@H](F)C6)nc4C4CC5CCC(C4)N5)C3)c2c1F. The molecule has 2 unspecified atom stereocenters. The number of alkyl halides is 1. The van der Waals surface area contributed by atoms with Gasteiger partial charge in [0, 0.05) is 48.6 Å². The lowest BCUT2D eigenvalue weighted by Crippen LogP contribution is -2.43. The number of nitrogens with one attached hydrogen (secondary N) is 1. The van der Waals surface area contributed by atoms with Crippen molar-refractivity contribution in [2.45, 2.75) is 87.6 Å². The van der Waals surface area contributed by atoms with Gasteiger partial charge in [-0.2, -0.15) is 9.97 Å². The summed E-state index contributed by atoms with van der Waals surface area (Å²) in [6, 6.07) is 9.79. The monoisotopic (exact) mass is 563 g/mol. The molecular weight excluding hydrogens is 527 g/mol. The molecule has 0 spiro atoms. The van der Waals surface area contributed by atoms with Crippen molar-refractivity contribution < 1.29 is 17.9 Å². The second kappa shape index (κ2) is 9.83. The van der Waals surface area contributed by atoms with Gasteiger partial charge >= 0.3 is 6.01 Å². The standard InChI is InChI=1S/C32H36F3N5O/c33-21-15-32(10-2-11-40(32)16-21)18-41-31-37-26-17-39(27-4-1-3-19-5-8-25(34)29(35)28(19)27)12-9-24(26)30(38-31)20-13-22-6-7-23(14-20)36-22/h1,3-5,8,20-23,36H,2,6-7,9-18H2/t20?,21-,22?,23?,32+/m1/s1. The third-order valence-corrected chi connectivity index (χ3v) is 10.4. The second-order valence-electron chi connectivity index (χ2n) is 12.9. The average Bonchev–Trinajstić information content (AvgIpc) is 3.63. The first-order chi connectivity index (χ1) is 20.0. The molecule has 1 N–H and O–H groups in total. The molecule has 0 saturated carbocycles. The first-order valence-corrected chi connectivity index (χ1v) is 15.3. The van der Waals surface area contributed by atoms with Crippen molar-refractivity contribution in [3.05, 3.63) is 58.9 Å². The van der Waals surface area contributed by atoms with E-state index in [0.717, 1.165) is 50.0 Å². The highest BCUT2D eigenvalue weighted by Crippen LogP contribution is 2.43. The number of piperidine rings is 1. The van der Waals surface area contributed by atoms with Crippen LogP contribution in [0.1, 0.15) is 67.8 Å². The minimum absolute atomic E-state index is 0.275. The number of nitrogens with zero attached hydrogens (tertiary/aromatic N) is 4. The maximum atomic E-state index is 15.1. The molecule has 1 aromatic heterocycles. The highest BCUT2D eigenvalue weighted by atomic mass is 19.2. The van der Waals surface area contributed by atoms with Gasteiger partial charge in [0.05, 0.1) is 23.5 Å². The molecular formula is C32H36F3N5O. The van der Waals surface area contributed by atoms with Crippen molar-refractivity contribution in [2.24, 2.45) is 0 Å². The summed E-state index contributed by atoms with van der Waals surface area (Å²) >= 11 is 0. The van der Waals surface area contributed by atoms with Crippen LogP contribution in [0.15, 0.2) is 30.3 Å². The molecule has 0 amide bonds. The first kappa shape index (κ1) is 25.8. The van der Waals surface area contributed by atoms with E-state index in [0.29, 0.717) is 73.1 Å². The lowest BCUT2D eigenvalue weighted by atomic mass is 9.85. The quantitative estimate of drug-likeness (QED) is 0.447. The Bertz CT molecular complexity index is 1490. The molecule has 4 fully saturated rings. The Morgan fingerprint density at radius 1 is 1.05 bits per heavy atom. The maximum Gasteiger partial charge on any atom is 0.316 e. The van der Waals surface area contributed by atoms with E-state index in [1.807, 2.05) is 18.2 Å². The largest absolute Gasteiger partial charge is 0.461 e. The third kappa shape index (κ3) is 4.38. The number of aromatic nitrogens is 2. The molecule has 41 heavy (non-hydrogen) atoms. The van der Waals surface area contributed by atoms with E-state index in [1.165, 1.54) is 24.5 Å². The summed E-state index contributed by atoms with van der Waals surface area (Å²) in [4.78, 5) is 14.4. The number of hydrogen-bond donors (Lipinski definition) is 1. The fraction of sp³-hybridized carbons (Fsp3) is 0.562. The summed E-state index contributed by atoms with van der Waals surface area (Å²) in [7, 11) is 0. The normalized spacial score (nSPS) is 31.0. The molecule has 9 heteroatoms. The van der Waals surface area contributed by atoms with Gasteiger partial charge in [0.25, 0.3) is 0 Å². The number of halogens is 3. The van der Waals surface area contributed by atoms with Crippen LogP contribution in [0.5, 0.6) is 6.01 Å². The van der Waals surface area contributed by atoms with Crippen molar-refractivity contribution in [1.82, 2.24) is 20.2 Å².